The van der Waals surface area contributed by atoms with Gasteiger partial charge in [0, 0.05) is 38.5 Å². The molecule has 5 nitrogen and oxygen atoms in total. The number of carbonyl (C=O) groups is 1. The van der Waals surface area contributed by atoms with Crippen LogP contribution in [-0.2, 0) is 0 Å². The highest BCUT2D eigenvalue weighted by atomic mass is 35.5. The van der Waals surface area contributed by atoms with Crippen LogP contribution >= 0.6 is 23.2 Å². The third kappa shape index (κ3) is 4.30. The number of pyridine rings is 1. The molecule has 1 aliphatic heterocycles. The summed E-state index contributed by atoms with van der Waals surface area (Å²) in [4.78, 5) is 30.3. The smallest absolute Gasteiger partial charge is 0.274 e. The molecule has 0 aliphatic carbocycles. The number of rotatable bonds is 4. The first-order chi connectivity index (χ1) is 18.5. The molecular weight excluding hydrogens is 517 g/mol. The molecule has 0 radical (unpaired) electrons. The van der Waals surface area contributed by atoms with Crippen LogP contribution < -0.4 is 5.56 Å². The van der Waals surface area contributed by atoms with Gasteiger partial charge in [-0.05, 0) is 47.5 Å². The molecule has 1 amide bonds. The summed E-state index contributed by atoms with van der Waals surface area (Å²) in [7, 11) is 0. The largest absolute Gasteiger partial charge is 0.321 e. The highest BCUT2D eigenvalue weighted by Crippen LogP contribution is 2.39. The third-order valence-electron chi connectivity index (χ3n) is 6.73. The molecule has 2 heterocycles. The van der Waals surface area contributed by atoms with Crippen LogP contribution in [0.3, 0.4) is 0 Å². The van der Waals surface area contributed by atoms with Gasteiger partial charge in [-0.25, -0.2) is 5.01 Å². The molecule has 0 fully saturated rings. The van der Waals surface area contributed by atoms with Gasteiger partial charge in [-0.1, -0.05) is 89.9 Å². The van der Waals surface area contributed by atoms with Crippen molar-refractivity contribution in [1.82, 2.24) is 9.99 Å². The number of halogens is 2. The molecule has 0 spiro atoms. The first-order valence-electron chi connectivity index (χ1n) is 12.1. The number of carbonyl (C=O) groups excluding carboxylic acids is 1. The highest BCUT2D eigenvalue weighted by molar-refractivity contribution is 6.32. The predicted molar refractivity (Wildman–Crippen MR) is 153 cm³/mol. The molecule has 6 rings (SSSR count). The first kappa shape index (κ1) is 24.2. The lowest BCUT2D eigenvalue weighted by atomic mass is 9.91. The summed E-state index contributed by atoms with van der Waals surface area (Å²) in [5, 5.41) is 8.12. The van der Waals surface area contributed by atoms with E-state index in [0.717, 1.165) is 22.1 Å². The number of H-pyrrole nitrogens is 1. The molecule has 186 valence electrons. The Kier molecular flexibility index (Phi) is 6.32. The van der Waals surface area contributed by atoms with Crippen LogP contribution in [0.25, 0.3) is 22.0 Å². The van der Waals surface area contributed by atoms with Crippen molar-refractivity contribution in [2.45, 2.75) is 12.5 Å². The van der Waals surface area contributed by atoms with Gasteiger partial charge in [0.2, 0.25) is 0 Å². The van der Waals surface area contributed by atoms with Gasteiger partial charge in [0.05, 0.1) is 17.3 Å². The minimum Gasteiger partial charge on any atom is -0.321 e. The highest BCUT2D eigenvalue weighted by Gasteiger charge is 2.36. The molecule has 38 heavy (non-hydrogen) atoms. The molecule has 1 aliphatic rings. The number of nitrogens with one attached hydrogen (secondary N) is 1. The summed E-state index contributed by atoms with van der Waals surface area (Å²) in [6.07, 6.45) is 0.317. The number of amides is 1. The molecule has 1 unspecified atom stereocenters. The number of aromatic amines is 1. The Morgan fingerprint density at radius 1 is 0.842 bits per heavy atom. The average molecular weight is 538 g/mol. The fourth-order valence-electron chi connectivity index (χ4n) is 4.99. The van der Waals surface area contributed by atoms with Crippen molar-refractivity contribution in [1.29, 1.82) is 0 Å². The first-order valence-corrected chi connectivity index (χ1v) is 12.9. The molecule has 5 aromatic rings. The number of benzene rings is 4. The lowest BCUT2D eigenvalue weighted by Crippen LogP contribution is -2.27. The monoisotopic (exact) mass is 537 g/mol. The second-order valence-electron chi connectivity index (χ2n) is 9.06. The van der Waals surface area contributed by atoms with E-state index in [9.17, 15) is 9.59 Å². The molecule has 4 aromatic carbocycles. The molecule has 0 saturated heterocycles. The van der Waals surface area contributed by atoms with E-state index in [1.165, 1.54) is 5.01 Å². The summed E-state index contributed by atoms with van der Waals surface area (Å²) in [6.45, 7) is 0. The lowest BCUT2D eigenvalue weighted by Gasteiger charge is -2.23. The van der Waals surface area contributed by atoms with Crippen molar-refractivity contribution >= 4 is 45.7 Å². The van der Waals surface area contributed by atoms with Gasteiger partial charge in [-0.15, -0.1) is 0 Å². The molecule has 7 heteroatoms. The number of aromatic nitrogens is 1. The topological polar surface area (TPSA) is 65.5 Å². The molecular formula is C31H21Cl2N3O2. The van der Waals surface area contributed by atoms with E-state index < -0.39 is 6.04 Å². The van der Waals surface area contributed by atoms with Gasteiger partial charge in [-0.2, -0.15) is 5.10 Å². The number of hydrogen-bond donors (Lipinski definition) is 1. The van der Waals surface area contributed by atoms with Crippen LogP contribution in [0.5, 0.6) is 0 Å². The van der Waals surface area contributed by atoms with Gasteiger partial charge >= 0.3 is 0 Å². The van der Waals surface area contributed by atoms with E-state index in [4.69, 9.17) is 28.3 Å². The van der Waals surface area contributed by atoms with Crippen LogP contribution in [0, 0.1) is 0 Å². The fourth-order valence-corrected chi connectivity index (χ4v) is 5.43. The van der Waals surface area contributed by atoms with Gasteiger partial charge in [0.15, 0.2) is 0 Å². The second kappa shape index (κ2) is 9.93. The number of hydrazone groups is 1. The van der Waals surface area contributed by atoms with Crippen LogP contribution in [-0.4, -0.2) is 21.6 Å². The zero-order chi connectivity index (χ0) is 26.2. The van der Waals surface area contributed by atoms with Crippen molar-refractivity contribution in [2.75, 3.05) is 0 Å². The van der Waals surface area contributed by atoms with E-state index in [0.29, 0.717) is 38.8 Å². The van der Waals surface area contributed by atoms with Crippen LogP contribution in [0.4, 0.5) is 0 Å². The van der Waals surface area contributed by atoms with Gasteiger partial charge in [0.25, 0.3) is 11.5 Å². The maximum absolute atomic E-state index is 13.7. The van der Waals surface area contributed by atoms with E-state index in [1.807, 2.05) is 72.8 Å². The van der Waals surface area contributed by atoms with Crippen molar-refractivity contribution in [2.24, 2.45) is 5.10 Å². The molecule has 0 bridgehead atoms. The Morgan fingerprint density at radius 3 is 2.26 bits per heavy atom. The van der Waals surface area contributed by atoms with E-state index in [1.54, 1.807) is 30.3 Å². The van der Waals surface area contributed by atoms with Crippen molar-refractivity contribution in [3.63, 3.8) is 0 Å². The van der Waals surface area contributed by atoms with Gasteiger partial charge < -0.3 is 4.98 Å². The van der Waals surface area contributed by atoms with E-state index in [2.05, 4.69) is 4.98 Å². The summed E-state index contributed by atoms with van der Waals surface area (Å²) in [6, 6.07) is 30.9. The Bertz CT molecular complexity index is 1770. The van der Waals surface area contributed by atoms with Crippen LogP contribution in [0.2, 0.25) is 10.0 Å². The SMILES string of the molecule is O=C(c1ccccc1)N1N=C(c2c(-c3ccccc3)c3cc(Cl)ccc3[nH]c2=O)CC1c1ccccc1Cl. The Labute approximate surface area is 229 Å². The maximum Gasteiger partial charge on any atom is 0.274 e. The second-order valence-corrected chi connectivity index (χ2v) is 9.91. The minimum atomic E-state index is -0.482. The maximum atomic E-state index is 13.7. The predicted octanol–water partition coefficient (Wildman–Crippen LogP) is 7.49. The van der Waals surface area contributed by atoms with Gasteiger partial charge in [0.1, 0.15) is 0 Å². The summed E-state index contributed by atoms with van der Waals surface area (Å²) < 4.78 is 0. The number of fused-ring (bicyclic) bond motifs is 1. The standard InChI is InChI=1S/C31H21Cl2N3O2/c32-21-15-16-25-23(17-21)28(19-9-3-1-4-10-19)29(30(37)34-25)26-18-27(22-13-7-8-14-24(22)33)36(35-26)31(38)20-11-5-2-6-12-20/h1-17,27H,18H2,(H,34,37). The average Bonchev–Trinajstić information content (AvgIpc) is 3.38. The molecule has 1 aromatic heterocycles. The molecule has 0 saturated carbocycles. The number of hydrogen-bond acceptors (Lipinski definition) is 3. The third-order valence-corrected chi connectivity index (χ3v) is 7.31. The van der Waals surface area contributed by atoms with E-state index in [-0.39, 0.29) is 11.5 Å². The fraction of sp³-hybridized carbons (Fsp3) is 0.0645. The Morgan fingerprint density at radius 2 is 1.53 bits per heavy atom. The summed E-state index contributed by atoms with van der Waals surface area (Å²) in [5.74, 6) is -0.271. The summed E-state index contributed by atoms with van der Waals surface area (Å²) >= 11 is 13.0. The van der Waals surface area contributed by atoms with Crippen molar-refractivity contribution in [3.8, 4) is 11.1 Å². The summed E-state index contributed by atoms with van der Waals surface area (Å²) in [5.41, 5.74) is 4.12. The number of nitrogens with zero attached hydrogens (tertiary/aromatic N) is 2. The normalized spacial score (nSPS) is 15.1. The van der Waals surface area contributed by atoms with Crippen LogP contribution in [0.15, 0.2) is 113 Å². The quantitative estimate of drug-likeness (QED) is 0.258. The molecule has 1 N–H and O–H groups in total. The zero-order valence-corrected chi connectivity index (χ0v) is 21.6. The minimum absolute atomic E-state index is 0.271. The lowest BCUT2D eigenvalue weighted by molar-refractivity contribution is 0.0711. The van der Waals surface area contributed by atoms with Crippen molar-refractivity contribution < 1.29 is 4.79 Å². The van der Waals surface area contributed by atoms with Gasteiger partial charge in [-0.3, -0.25) is 9.59 Å². The molecule has 1 atom stereocenters. The van der Waals surface area contributed by atoms with Crippen LogP contribution in [0.1, 0.15) is 33.9 Å². The zero-order valence-electron chi connectivity index (χ0n) is 20.1. The Hall–Kier alpha value is -4.19. The van der Waals surface area contributed by atoms with Crippen molar-refractivity contribution in [3.05, 3.63) is 140 Å². The Balaban J connectivity index is 1.59. The van der Waals surface area contributed by atoms with E-state index >= 15 is 0 Å².